The van der Waals surface area contributed by atoms with Crippen molar-refractivity contribution >= 4 is 11.6 Å². The Morgan fingerprint density at radius 3 is 2.67 bits per heavy atom. The summed E-state index contributed by atoms with van der Waals surface area (Å²) in [5.74, 6) is 0.374. The molecule has 0 bridgehead atoms. The van der Waals surface area contributed by atoms with Gasteiger partial charge in [-0.25, -0.2) is 4.79 Å². The number of H-pyrrole nitrogens is 1. The number of nitrogens with one attached hydrogen (secondary N) is 1. The molecule has 2 unspecified atom stereocenters. The van der Waals surface area contributed by atoms with Gasteiger partial charge in [0.2, 0.25) is 0 Å². The maximum Gasteiger partial charge on any atom is 0.329 e. The smallest absolute Gasteiger partial charge is 0.297 e. The first kappa shape index (κ1) is 13.4. The second-order valence-corrected chi connectivity index (χ2v) is 5.50. The number of rotatable bonds is 3. The monoisotopic (exact) mass is 270 g/mol. The van der Waals surface area contributed by atoms with Gasteiger partial charge in [0.15, 0.2) is 0 Å². The van der Waals surface area contributed by atoms with E-state index < -0.39 is 0 Å². The van der Waals surface area contributed by atoms with Crippen LogP contribution in [-0.2, 0) is 6.42 Å². The molecular formula is C13H19ClN2O2. The molecule has 1 fully saturated rings. The number of aromatic amines is 1. The molecule has 0 saturated heterocycles. The summed E-state index contributed by atoms with van der Waals surface area (Å²) in [7, 11) is 0. The van der Waals surface area contributed by atoms with Gasteiger partial charge in [0.05, 0.1) is 5.56 Å². The highest BCUT2D eigenvalue weighted by molar-refractivity contribution is 6.30. The van der Waals surface area contributed by atoms with Crippen molar-refractivity contribution in [1.82, 2.24) is 9.55 Å². The summed E-state index contributed by atoms with van der Waals surface area (Å²) in [5.41, 5.74) is -0.0363. The van der Waals surface area contributed by atoms with Crippen LogP contribution in [0.5, 0.6) is 0 Å². The van der Waals surface area contributed by atoms with Gasteiger partial charge in [-0.05, 0) is 25.2 Å². The first-order valence-electron chi connectivity index (χ1n) is 6.59. The summed E-state index contributed by atoms with van der Waals surface area (Å²) in [6.07, 6.45) is 4.49. The van der Waals surface area contributed by atoms with Gasteiger partial charge in [-0.1, -0.05) is 38.3 Å². The standard InChI is InChI=1S/C13H19ClN2O2/c1-3-5-9-11(14)15-13(18)16(12(9)17)10-7-4-6-8(10)2/h8,10H,3-7H2,1-2H3,(H,15,18). The Labute approximate surface area is 111 Å². The summed E-state index contributed by atoms with van der Waals surface area (Å²) in [6.45, 7) is 4.08. The zero-order chi connectivity index (χ0) is 13.3. The molecule has 2 atom stereocenters. The third-order valence-corrected chi connectivity index (χ3v) is 4.15. The molecule has 18 heavy (non-hydrogen) atoms. The second kappa shape index (κ2) is 5.31. The fraction of sp³-hybridized carbons (Fsp3) is 0.692. The summed E-state index contributed by atoms with van der Waals surface area (Å²) in [5, 5.41) is 0.203. The minimum Gasteiger partial charge on any atom is -0.297 e. The molecule has 1 N–H and O–H groups in total. The Bertz CT molecular complexity index is 547. The zero-order valence-corrected chi connectivity index (χ0v) is 11.6. The number of nitrogens with zero attached hydrogens (tertiary/aromatic N) is 1. The largest absolute Gasteiger partial charge is 0.329 e. The third kappa shape index (κ3) is 2.26. The highest BCUT2D eigenvalue weighted by Crippen LogP contribution is 2.33. The Hall–Kier alpha value is -1.03. The third-order valence-electron chi connectivity index (χ3n) is 3.83. The highest BCUT2D eigenvalue weighted by atomic mass is 35.5. The minimum atomic E-state index is -0.372. The molecule has 1 saturated carbocycles. The lowest BCUT2D eigenvalue weighted by molar-refractivity contribution is 0.381. The molecular weight excluding hydrogens is 252 g/mol. The highest BCUT2D eigenvalue weighted by Gasteiger charge is 2.28. The molecule has 0 amide bonds. The van der Waals surface area contributed by atoms with Crippen molar-refractivity contribution in [3.63, 3.8) is 0 Å². The summed E-state index contributed by atoms with van der Waals surface area (Å²) in [4.78, 5) is 27.0. The Morgan fingerprint density at radius 1 is 1.39 bits per heavy atom. The maximum atomic E-state index is 12.4. The van der Waals surface area contributed by atoms with E-state index >= 15 is 0 Å². The Kier molecular flexibility index (Phi) is 3.95. The minimum absolute atomic E-state index is 0.0223. The quantitative estimate of drug-likeness (QED) is 0.858. The van der Waals surface area contributed by atoms with Crippen LogP contribution in [0.3, 0.4) is 0 Å². The van der Waals surface area contributed by atoms with Crippen molar-refractivity contribution in [2.24, 2.45) is 5.92 Å². The fourth-order valence-electron chi connectivity index (χ4n) is 2.84. The van der Waals surface area contributed by atoms with Crippen LogP contribution in [0.15, 0.2) is 9.59 Å². The molecule has 1 heterocycles. The number of aromatic nitrogens is 2. The van der Waals surface area contributed by atoms with E-state index in [0.29, 0.717) is 17.9 Å². The van der Waals surface area contributed by atoms with E-state index in [2.05, 4.69) is 11.9 Å². The van der Waals surface area contributed by atoms with Gasteiger partial charge in [-0.15, -0.1) is 0 Å². The number of hydrogen-bond acceptors (Lipinski definition) is 2. The molecule has 0 radical (unpaired) electrons. The fourth-order valence-corrected chi connectivity index (χ4v) is 3.09. The average molecular weight is 271 g/mol. The topological polar surface area (TPSA) is 54.9 Å². The van der Waals surface area contributed by atoms with E-state index in [4.69, 9.17) is 11.6 Å². The molecule has 1 aromatic rings. The number of halogens is 1. The molecule has 5 heteroatoms. The van der Waals surface area contributed by atoms with Crippen molar-refractivity contribution in [2.45, 2.75) is 52.0 Å². The van der Waals surface area contributed by atoms with Gasteiger partial charge in [0.25, 0.3) is 5.56 Å². The van der Waals surface area contributed by atoms with Crippen LogP contribution < -0.4 is 11.2 Å². The second-order valence-electron chi connectivity index (χ2n) is 5.12. The van der Waals surface area contributed by atoms with Gasteiger partial charge < -0.3 is 0 Å². The molecule has 1 aliphatic rings. The Balaban J connectivity index is 2.56. The predicted octanol–water partition coefficient (Wildman–Crippen LogP) is 2.50. The molecule has 2 rings (SSSR count). The van der Waals surface area contributed by atoms with Gasteiger partial charge in [-0.3, -0.25) is 14.3 Å². The predicted molar refractivity (Wildman–Crippen MR) is 72.4 cm³/mol. The van der Waals surface area contributed by atoms with Gasteiger partial charge in [0, 0.05) is 6.04 Å². The van der Waals surface area contributed by atoms with Crippen LogP contribution in [0.25, 0.3) is 0 Å². The molecule has 4 nitrogen and oxygen atoms in total. The van der Waals surface area contributed by atoms with Gasteiger partial charge in [-0.2, -0.15) is 0 Å². The van der Waals surface area contributed by atoms with Crippen molar-refractivity contribution in [3.8, 4) is 0 Å². The SMILES string of the molecule is CCCc1c(Cl)[nH]c(=O)n(C2CCCC2C)c1=O. The molecule has 100 valence electrons. The van der Waals surface area contributed by atoms with Crippen LogP contribution in [0.1, 0.15) is 51.1 Å². The maximum absolute atomic E-state index is 12.4. The van der Waals surface area contributed by atoms with Crippen LogP contribution in [0.4, 0.5) is 0 Å². The first-order chi connectivity index (χ1) is 8.56. The van der Waals surface area contributed by atoms with E-state index in [9.17, 15) is 9.59 Å². The normalized spacial score (nSPS) is 23.5. The van der Waals surface area contributed by atoms with Crippen LogP contribution in [-0.4, -0.2) is 9.55 Å². The van der Waals surface area contributed by atoms with Gasteiger partial charge >= 0.3 is 5.69 Å². The lowest BCUT2D eigenvalue weighted by Crippen LogP contribution is -2.40. The van der Waals surface area contributed by atoms with E-state index in [0.717, 1.165) is 25.7 Å². The van der Waals surface area contributed by atoms with Crippen molar-refractivity contribution in [2.75, 3.05) is 0 Å². The molecule has 0 aliphatic heterocycles. The van der Waals surface area contributed by atoms with E-state index in [1.54, 1.807) is 0 Å². The summed E-state index contributed by atoms with van der Waals surface area (Å²) < 4.78 is 1.38. The lowest BCUT2D eigenvalue weighted by Gasteiger charge is -2.18. The van der Waals surface area contributed by atoms with Crippen LogP contribution in [0.2, 0.25) is 5.15 Å². The summed E-state index contributed by atoms with van der Waals surface area (Å²) >= 11 is 5.96. The van der Waals surface area contributed by atoms with Gasteiger partial charge in [0.1, 0.15) is 5.15 Å². The molecule has 0 spiro atoms. The van der Waals surface area contributed by atoms with E-state index in [-0.39, 0.29) is 22.4 Å². The van der Waals surface area contributed by atoms with E-state index in [1.165, 1.54) is 4.57 Å². The molecule has 0 aromatic carbocycles. The number of hydrogen-bond donors (Lipinski definition) is 1. The average Bonchev–Trinajstić information content (AvgIpc) is 2.71. The van der Waals surface area contributed by atoms with Crippen molar-refractivity contribution in [1.29, 1.82) is 0 Å². The zero-order valence-electron chi connectivity index (χ0n) is 10.8. The molecule has 1 aliphatic carbocycles. The van der Waals surface area contributed by atoms with E-state index in [1.807, 2.05) is 6.92 Å². The molecule has 1 aromatic heterocycles. The Morgan fingerprint density at radius 2 is 2.11 bits per heavy atom. The summed E-state index contributed by atoms with van der Waals surface area (Å²) in [6, 6.07) is 0.0223. The van der Waals surface area contributed by atoms with Crippen molar-refractivity contribution in [3.05, 3.63) is 31.6 Å². The lowest BCUT2D eigenvalue weighted by atomic mass is 10.1. The van der Waals surface area contributed by atoms with Crippen molar-refractivity contribution < 1.29 is 0 Å². The van der Waals surface area contributed by atoms with Crippen LogP contribution >= 0.6 is 11.6 Å². The first-order valence-corrected chi connectivity index (χ1v) is 6.97. The van der Waals surface area contributed by atoms with Crippen LogP contribution in [0, 0.1) is 5.92 Å².